The number of halogens is 1. The van der Waals surface area contributed by atoms with E-state index in [1.54, 1.807) is 25.3 Å². The molecule has 5 rings (SSSR count). The fourth-order valence-corrected chi connectivity index (χ4v) is 4.84. The van der Waals surface area contributed by atoms with Gasteiger partial charge in [-0.25, -0.2) is 9.37 Å². The molecule has 0 saturated carbocycles. The smallest absolute Gasteiger partial charge is 0.215 e. The Bertz CT molecular complexity index is 1450. The van der Waals surface area contributed by atoms with Gasteiger partial charge in [-0.15, -0.1) is 0 Å². The minimum absolute atomic E-state index is 0.0439. The number of nitrogens with zero attached hydrogens (tertiary/aromatic N) is 6. The van der Waals surface area contributed by atoms with Crippen molar-refractivity contribution in [2.45, 2.75) is 32.7 Å². The number of imidazole rings is 1. The molecule has 0 N–H and O–H groups in total. The van der Waals surface area contributed by atoms with Crippen molar-refractivity contribution < 1.29 is 13.9 Å². The van der Waals surface area contributed by atoms with Gasteiger partial charge in [0, 0.05) is 51.0 Å². The Morgan fingerprint density at radius 2 is 1.95 bits per heavy atom. The number of aromatic nitrogens is 3. The summed E-state index contributed by atoms with van der Waals surface area (Å²) in [4.78, 5) is 14.3. The molecule has 0 spiro atoms. The number of para-hydroxylation sites is 2. The highest BCUT2D eigenvalue weighted by Gasteiger charge is 2.26. The standard InChI is InChI=1S/C29H31FN6O2/c1-21-18-35(27-8-5-9-29(33-27)38-20-23-11-10-22(17-31)16-24(23)30)13-12-34(21)19-28-32-25-6-3-4-7-26(25)36(28)14-15-37-2/h3-11,16,21H,12-15,18-20H2,1-2H3/t21-/m0/s1. The lowest BCUT2D eigenvalue weighted by Gasteiger charge is -2.40. The minimum atomic E-state index is -0.457. The summed E-state index contributed by atoms with van der Waals surface area (Å²) in [6.45, 7) is 6.95. The molecule has 0 radical (unpaired) electrons. The van der Waals surface area contributed by atoms with Crippen LogP contribution in [0.2, 0.25) is 0 Å². The molecule has 38 heavy (non-hydrogen) atoms. The summed E-state index contributed by atoms with van der Waals surface area (Å²) in [5, 5.41) is 8.92. The van der Waals surface area contributed by atoms with Crippen LogP contribution in [0, 0.1) is 17.1 Å². The summed E-state index contributed by atoms with van der Waals surface area (Å²) in [5.74, 6) is 1.86. The topological polar surface area (TPSA) is 79.4 Å². The molecule has 9 heteroatoms. The zero-order valence-electron chi connectivity index (χ0n) is 21.7. The third-order valence-electron chi connectivity index (χ3n) is 6.95. The van der Waals surface area contributed by atoms with Crippen LogP contribution in [-0.4, -0.2) is 58.8 Å². The highest BCUT2D eigenvalue weighted by molar-refractivity contribution is 5.75. The van der Waals surface area contributed by atoms with E-state index < -0.39 is 5.82 Å². The van der Waals surface area contributed by atoms with Gasteiger partial charge in [0.05, 0.1) is 35.8 Å². The number of rotatable bonds is 9. The lowest BCUT2D eigenvalue weighted by molar-refractivity contribution is 0.166. The number of pyridine rings is 1. The molecule has 1 saturated heterocycles. The maximum Gasteiger partial charge on any atom is 0.215 e. The van der Waals surface area contributed by atoms with Gasteiger partial charge in [0.25, 0.3) is 0 Å². The first-order valence-corrected chi connectivity index (χ1v) is 12.8. The van der Waals surface area contributed by atoms with E-state index in [9.17, 15) is 4.39 Å². The molecule has 3 heterocycles. The van der Waals surface area contributed by atoms with Crippen LogP contribution in [-0.2, 0) is 24.4 Å². The Hall–Kier alpha value is -4.00. The predicted molar refractivity (Wildman–Crippen MR) is 143 cm³/mol. The van der Waals surface area contributed by atoms with E-state index in [0.29, 0.717) is 24.1 Å². The monoisotopic (exact) mass is 514 g/mol. The van der Waals surface area contributed by atoms with Crippen LogP contribution in [0.1, 0.15) is 23.9 Å². The van der Waals surface area contributed by atoms with Crippen LogP contribution in [0.4, 0.5) is 10.2 Å². The zero-order chi connectivity index (χ0) is 26.5. The van der Waals surface area contributed by atoms with E-state index in [4.69, 9.17) is 19.7 Å². The number of hydrogen-bond donors (Lipinski definition) is 0. The van der Waals surface area contributed by atoms with E-state index in [-0.39, 0.29) is 12.2 Å². The van der Waals surface area contributed by atoms with Gasteiger partial charge >= 0.3 is 0 Å². The largest absolute Gasteiger partial charge is 0.473 e. The maximum atomic E-state index is 14.2. The second-order valence-corrected chi connectivity index (χ2v) is 9.47. The van der Waals surface area contributed by atoms with Gasteiger partial charge in [-0.3, -0.25) is 4.90 Å². The minimum Gasteiger partial charge on any atom is -0.473 e. The molecular formula is C29H31FN6O2. The SMILES string of the molecule is COCCn1c(CN2CCN(c3cccc(OCc4ccc(C#N)cc4F)n3)C[C@@H]2C)nc2ccccc21. The molecule has 0 bridgehead atoms. The van der Waals surface area contributed by atoms with Gasteiger partial charge < -0.3 is 18.9 Å². The number of hydrogen-bond acceptors (Lipinski definition) is 7. The Kier molecular flexibility index (Phi) is 7.82. The lowest BCUT2D eigenvalue weighted by Crippen LogP contribution is -2.52. The number of piperazine rings is 1. The molecule has 1 aliphatic heterocycles. The highest BCUT2D eigenvalue weighted by atomic mass is 19.1. The highest BCUT2D eigenvalue weighted by Crippen LogP contribution is 2.23. The van der Waals surface area contributed by atoms with E-state index in [1.165, 1.54) is 6.07 Å². The quantitative estimate of drug-likeness (QED) is 0.328. The molecule has 2 aromatic heterocycles. The molecule has 4 aromatic rings. The Balaban J connectivity index is 1.23. The fourth-order valence-electron chi connectivity index (χ4n) is 4.84. The molecule has 2 aromatic carbocycles. The Morgan fingerprint density at radius 1 is 1.08 bits per heavy atom. The first kappa shape index (κ1) is 25.6. The van der Waals surface area contributed by atoms with Crippen molar-refractivity contribution in [3.63, 3.8) is 0 Å². The maximum absolute atomic E-state index is 14.2. The summed E-state index contributed by atoms with van der Waals surface area (Å²) in [6.07, 6.45) is 0. The van der Waals surface area contributed by atoms with Gasteiger partial charge in [-0.2, -0.15) is 10.2 Å². The van der Waals surface area contributed by atoms with Crippen LogP contribution in [0.25, 0.3) is 11.0 Å². The number of nitriles is 1. The van der Waals surface area contributed by atoms with Crippen molar-refractivity contribution in [2.24, 2.45) is 0 Å². The molecule has 1 fully saturated rings. The molecular weight excluding hydrogens is 483 g/mol. The Labute approximate surface area is 221 Å². The predicted octanol–water partition coefficient (Wildman–Crippen LogP) is 4.38. The second-order valence-electron chi connectivity index (χ2n) is 9.47. The van der Waals surface area contributed by atoms with Crippen LogP contribution in [0.5, 0.6) is 5.88 Å². The average Bonchev–Trinajstić information content (AvgIpc) is 3.29. The number of methoxy groups -OCH3 is 1. The first-order chi connectivity index (χ1) is 18.6. The molecule has 0 aliphatic carbocycles. The van der Waals surface area contributed by atoms with Crippen LogP contribution < -0.4 is 9.64 Å². The van der Waals surface area contributed by atoms with Gasteiger partial charge in [0.2, 0.25) is 5.88 Å². The molecule has 196 valence electrons. The number of benzene rings is 2. The number of fused-ring (bicyclic) bond motifs is 1. The van der Waals surface area contributed by atoms with Crippen molar-refractivity contribution >= 4 is 16.9 Å². The third-order valence-corrected chi connectivity index (χ3v) is 6.95. The van der Waals surface area contributed by atoms with E-state index in [0.717, 1.165) is 55.4 Å². The van der Waals surface area contributed by atoms with Crippen LogP contribution in [0.15, 0.2) is 60.7 Å². The van der Waals surface area contributed by atoms with Gasteiger partial charge in [0.1, 0.15) is 24.1 Å². The lowest BCUT2D eigenvalue weighted by atomic mass is 10.1. The number of ether oxygens (including phenoxy) is 2. The molecule has 1 aliphatic rings. The van der Waals surface area contributed by atoms with Crippen molar-refractivity contribution in [2.75, 3.05) is 38.3 Å². The number of anilines is 1. The third kappa shape index (κ3) is 5.62. The van der Waals surface area contributed by atoms with Crippen molar-refractivity contribution in [3.8, 4) is 11.9 Å². The summed E-state index contributed by atoms with van der Waals surface area (Å²) in [6, 6.07) is 20.5. The molecule has 0 amide bonds. The summed E-state index contributed by atoms with van der Waals surface area (Å²) >= 11 is 0. The normalized spacial score (nSPS) is 16.1. The van der Waals surface area contributed by atoms with E-state index in [2.05, 4.69) is 38.4 Å². The van der Waals surface area contributed by atoms with E-state index >= 15 is 0 Å². The second kappa shape index (κ2) is 11.6. The van der Waals surface area contributed by atoms with Gasteiger partial charge in [-0.1, -0.05) is 24.3 Å². The Morgan fingerprint density at radius 3 is 2.74 bits per heavy atom. The van der Waals surface area contributed by atoms with Gasteiger partial charge in [0.15, 0.2) is 0 Å². The van der Waals surface area contributed by atoms with Crippen LogP contribution >= 0.6 is 0 Å². The molecule has 1 atom stereocenters. The average molecular weight is 515 g/mol. The zero-order valence-corrected chi connectivity index (χ0v) is 21.7. The molecule has 8 nitrogen and oxygen atoms in total. The van der Waals surface area contributed by atoms with Crippen molar-refractivity contribution in [1.29, 1.82) is 5.26 Å². The summed E-state index contributed by atoms with van der Waals surface area (Å²) in [5.41, 5.74) is 2.81. The van der Waals surface area contributed by atoms with Crippen molar-refractivity contribution in [3.05, 3.63) is 83.4 Å². The van der Waals surface area contributed by atoms with E-state index in [1.807, 2.05) is 30.3 Å². The summed E-state index contributed by atoms with van der Waals surface area (Å²) < 4.78 is 27.6. The summed E-state index contributed by atoms with van der Waals surface area (Å²) in [7, 11) is 1.72. The first-order valence-electron chi connectivity index (χ1n) is 12.8. The molecule has 0 unspecified atom stereocenters. The van der Waals surface area contributed by atoms with Crippen LogP contribution in [0.3, 0.4) is 0 Å². The van der Waals surface area contributed by atoms with Crippen molar-refractivity contribution in [1.82, 2.24) is 19.4 Å². The van der Waals surface area contributed by atoms with Gasteiger partial charge in [-0.05, 0) is 37.3 Å². The fraction of sp³-hybridized carbons (Fsp3) is 0.345.